The van der Waals surface area contributed by atoms with E-state index in [0.717, 1.165) is 41.7 Å². The quantitative estimate of drug-likeness (QED) is 0.378. The molecule has 0 bridgehead atoms. The summed E-state index contributed by atoms with van der Waals surface area (Å²) in [5.74, 6) is 2.41. The lowest BCUT2D eigenvalue weighted by Crippen LogP contribution is -2.08. The van der Waals surface area contributed by atoms with E-state index < -0.39 is 0 Å². The third kappa shape index (κ3) is 6.14. The van der Waals surface area contributed by atoms with Gasteiger partial charge in [0.25, 0.3) is 0 Å². The fourth-order valence-electron chi connectivity index (χ4n) is 3.42. The molecule has 0 aliphatic carbocycles. The second-order valence-electron chi connectivity index (χ2n) is 7.67. The molecule has 27 heavy (non-hydrogen) atoms. The zero-order valence-electron chi connectivity index (χ0n) is 17.7. The second-order valence-corrected chi connectivity index (χ2v) is 7.67. The maximum atomic E-state index is 6.33. The van der Waals surface area contributed by atoms with Crippen molar-refractivity contribution in [2.24, 2.45) is 5.92 Å². The number of methoxy groups -OCH3 is 2. The minimum absolute atomic E-state index is 0.140. The van der Waals surface area contributed by atoms with Gasteiger partial charge in [-0.05, 0) is 42.5 Å². The van der Waals surface area contributed by atoms with Crippen LogP contribution in [0.4, 0.5) is 0 Å². The number of hydrogen-bond acceptors (Lipinski definition) is 3. The molecule has 0 aliphatic heterocycles. The summed E-state index contributed by atoms with van der Waals surface area (Å²) >= 11 is 0. The Bertz CT molecular complexity index is 693. The Labute approximate surface area is 165 Å². The molecule has 0 heterocycles. The first-order chi connectivity index (χ1) is 13.1. The molecule has 150 valence electrons. The first-order valence-electron chi connectivity index (χ1n) is 10.4. The van der Waals surface area contributed by atoms with Crippen LogP contribution in [-0.2, 0) is 4.74 Å². The molecular weight excluding hydrogens is 336 g/mol. The predicted octanol–water partition coefficient (Wildman–Crippen LogP) is 6.93. The van der Waals surface area contributed by atoms with Crippen LogP contribution in [0.25, 0.3) is 10.8 Å². The first kappa shape index (κ1) is 21.6. The summed E-state index contributed by atoms with van der Waals surface area (Å²) in [6.45, 7) is 7.54. The van der Waals surface area contributed by atoms with Gasteiger partial charge < -0.3 is 14.2 Å². The number of ether oxygens (including phenoxy) is 3. The smallest absolute Gasteiger partial charge is 0.126 e. The van der Waals surface area contributed by atoms with Crippen molar-refractivity contribution in [2.45, 2.75) is 65.4 Å². The van der Waals surface area contributed by atoms with Crippen LogP contribution >= 0.6 is 0 Å². The fourth-order valence-corrected chi connectivity index (χ4v) is 3.42. The van der Waals surface area contributed by atoms with Crippen LogP contribution in [0.2, 0.25) is 0 Å². The Hall–Kier alpha value is -1.74. The molecule has 0 aromatic heterocycles. The van der Waals surface area contributed by atoms with Crippen molar-refractivity contribution in [3.05, 3.63) is 35.9 Å². The molecule has 1 unspecified atom stereocenters. The van der Waals surface area contributed by atoms with Gasteiger partial charge in [-0.1, -0.05) is 58.6 Å². The lowest BCUT2D eigenvalue weighted by Gasteiger charge is -2.20. The normalized spacial score (nSPS) is 12.5. The van der Waals surface area contributed by atoms with Crippen molar-refractivity contribution in [3.8, 4) is 11.5 Å². The summed E-state index contributed by atoms with van der Waals surface area (Å²) in [7, 11) is 3.43. The van der Waals surface area contributed by atoms with E-state index in [9.17, 15) is 0 Å². The highest BCUT2D eigenvalue weighted by Crippen LogP contribution is 2.36. The Morgan fingerprint density at radius 2 is 1.52 bits per heavy atom. The van der Waals surface area contributed by atoms with E-state index in [4.69, 9.17) is 14.2 Å². The second kappa shape index (κ2) is 11.2. The van der Waals surface area contributed by atoms with Crippen LogP contribution in [0.15, 0.2) is 30.3 Å². The summed E-state index contributed by atoms with van der Waals surface area (Å²) < 4.78 is 17.4. The van der Waals surface area contributed by atoms with Gasteiger partial charge in [-0.25, -0.2) is 0 Å². The van der Waals surface area contributed by atoms with Gasteiger partial charge in [-0.2, -0.15) is 0 Å². The van der Waals surface area contributed by atoms with Crippen molar-refractivity contribution in [1.82, 2.24) is 0 Å². The molecule has 2 aromatic rings. The average Bonchev–Trinajstić information content (AvgIpc) is 2.68. The summed E-state index contributed by atoms with van der Waals surface area (Å²) in [5.41, 5.74) is 1.23. The number of benzene rings is 2. The van der Waals surface area contributed by atoms with Crippen molar-refractivity contribution >= 4 is 10.8 Å². The summed E-state index contributed by atoms with van der Waals surface area (Å²) in [6, 6.07) is 10.5. The van der Waals surface area contributed by atoms with Gasteiger partial charge >= 0.3 is 0 Å². The molecule has 0 aliphatic rings. The molecule has 3 nitrogen and oxygen atoms in total. The molecule has 0 N–H and O–H groups in total. The van der Waals surface area contributed by atoms with Gasteiger partial charge in [0, 0.05) is 17.4 Å². The first-order valence-corrected chi connectivity index (χ1v) is 10.4. The molecular formula is C24H36O3. The minimum atomic E-state index is 0.140. The van der Waals surface area contributed by atoms with E-state index in [2.05, 4.69) is 39.0 Å². The van der Waals surface area contributed by atoms with Crippen molar-refractivity contribution in [2.75, 3.05) is 20.8 Å². The van der Waals surface area contributed by atoms with Crippen LogP contribution in [0.5, 0.6) is 11.5 Å². The van der Waals surface area contributed by atoms with Crippen LogP contribution < -0.4 is 9.47 Å². The number of fused-ring (bicyclic) bond motifs is 1. The molecule has 0 radical (unpaired) electrons. The van der Waals surface area contributed by atoms with Gasteiger partial charge in [-0.3, -0.25) is 0 Å². The van der Waals surface area contributed by atoms with Crippen molar-refractivity contribution < 1.29 is 14.2 Å². The molecule has 0 saturated heterocycles. The SMILES string of the molecule is CCCCCCC(OCCC(C)C)c1ccc2c(OC)ccc(OC)c2c1. The summed E-state index contributed by atoms with van der Waals surface area (Å²) in [4.78, 5) is 0. The van der Waals surface area contributed by atoms with E-state index in [0.29, 0.717) is 5.92 Å². The fraction of sp³-hybridized carbons (Fsp3) is 0.583. The van der Waals surface area contributed by atoms with Crippen molar-refractivity contribution in [3.63, 3.8) is 0 Å². The van der Waals surface area contributed by atoms with Crippen LogP contribution in [0, 0.1) is 5.92 Å². The number of hydrogen-bond donors (Lipinski definition) is 0. The van der Waals surface area contributed by atoms with E-state index >= 15 is 0 Å². The van der Waals surface area contributed by atoms with Gasteiger partial charge in [0.05, 0.1) is 20.3 Å². The Morgan fingerprint density at radius 3 is 2.15 bits per heavy atom. The van der Waals surface area contributed by atoms with E-state index in [1.807, 2.05) is 12.1 Å². The number of unbranched alkanes of at least 4 members (excludes halogenated alkanes) is 3. The van der Waals surface area contributed by atoms with Gasteiger partial charge in [0.1, 0.15) is 11.5 Å². The van der Waals surface area contributed by atoms with Crippen LogP contribution in [0.3, 0.4) is 0 Å². The lowest BCUT2D eigenvalue weighted by molar-refractivity contribution is 0.0383. The lowest BCUT2D eigenvalue weighted by atomic mass is 9.98. The highest BCUT2D eigenvalue weighted by Gasteiger charge is 2.15. The maximum Gasteiger partial charge on any atom is 0.126 e. The van der Waals surface area contributed by atoms with Gasteiger partial charge in [0.2, 0.25) is 0 Å². The Kier molecular flexibility index (Phi) is 8.93. The van der Waals surface area contributed by atoms with E-state index in [-0.39, 0.29) is 6.10 Å². The molecule has 0 saturated carbocycles. The third-order valence-corrected chi connectivity index (χ3v) is 5.11. The molecule has 2 aromatic carbocycles. The van der Waals surface area contributed by atoms with E-state index in [1.165, 1.54) is 31.2 Å². The van der Waals surface area contributed by atoms with Gasteiger partial charge in [0.15, 0.2) is 0 Å². The third-order valence-electron chi connectivity index (χ3n) is 5.11. The standard InChI is InChI=1S/C24H36O3/c1-6-7-8-9-10-22(27-16-15-18(2)3)19-11-12-20-21(17-19)24(26-5)14-13-23(20)25-4/h11-14,17-18,22H,6-10,15-16H2,1-5H3. The highest BCUT2D eigenvalue weighted by molar-refractivity contribution is 5.93. The Morgan fingerprint density at radius 1 is 0.815 bits per heavy atom. The van der Waals surface area contributed by atoms with Crippen LogP contribution in [0.1, 0.15) is 71.0 Å². The Balaban J connectivity index is 2.27. The monoisotopic (exact) mass is 372 g/mol. The molecule has 1 atom stereocenters. The zero-order chi connectivity index (χ0) is 19.6. The molecule has 0 amide bonds. The maximum absolute atomic E-state index is 6.33. The number of rotatable bonds is 12. The highest BCUT2D eigenvalue weighted by atomic mass is 16.5. The average molecular weight is 373 g/mol. The summed E-state index contributed by atoms with van der Waals surface area (Å²) in [5, 5.41) is 2.16. The predicted molar refractivity (Wildman–Crippen MR) is 114 cm³/mol. The van der Waals surface area contributed by atoms with Crippen molar-refractivity contribution in [1.29, 1.82) is 0 Å². The van der Waals surface area contributed by atoms with Gasteiger partial charge in [-0.15, -0.1) is 0 Å². The largest absolute Gasteiger partial charge is 0.496 e. The topological polar surface area (TPSA) is 27.7 Å². The molecule has 0 spiro atoms. The molecule has 0 fully saturated rings. The summed E-state index contributed by atoms with van der Waals surface area (Å²) in [6.07, 6.45) is 7.32. The zero-order valence-corrected chi connectivity index (χ0v) is 17.7. The van der Waals surface area contributed by atoms with E-state index in [1.54, 1.807) is 14.2 Å². The molecule has 2 rings (SSSR count). The molecule has 3 heteroatoms. The minimum Gasteiger partial charge on any atom is -0.496 e. The van der Waals surface area contributed by atoms with Crippen LogP contribution in [-0.4, -0.2) is 20.8 Å².